The van der Waals surface area contributed by atoms with Crippen LogP contribution in [0.15, 0.2) is 66.3 Å². The molecule has 0 unspecified atom stereocenters. The number of amides is 1. The van der Waals surface area contributed by atoms with Crippen molar-refractivity contribution in [3.8, 4) is 0 Å². The molecule has 0 fully saturated rings. The minimum atomic E-state index is -4.48. The van der Waals surface area contributed by atoms with Crippen LogP contribution in [0.1, 0.15) is 26.4 Å². The minimum Gasteiger partial charge on any atom is -0.334 e. The minimum absolute atomic E-state index is 0.0277. The first kappa shape index (κ1) is 19.1. The molecule has 3 nitrogen and oxygen atoms in total. The number of pyridine rings is 1. The standard InChI is InChI=1S/C20H17F3N2OS/c21-20(22,23)17-6-1-5-16(12-17)19(26)25(10-8-18-7-3-11-27-18)14-15-4-2-9-24-13-15/h1-7,9,11-13H,8,10,14H2. The van der Waals surface area contributed by atoms with Gasteiger partial charge in [-0.15, -0.1) is 11.3 Å². The third kappa shape index (κ3) is 5.17. The summed E-state index contributed by atoms with van der Waals surface area (Å²) < 4.78 is 38.9. The van der Waals surface area contributed by atoms with Gasteiger partial charge in [-0.25, -0.2) is 0 Å². The summed E-state index contributed by atoms with van der Waals surface area (Å²) in [6.45, 7) is 0.693. The van der Waals surface area contributed by atoms with E-state index in [1.165, 1.54) is 12.1 Å². The average Bonchev–Trinajstić information content (AvgIpc) is 3.18. The van der Waals surface area contributed by atoms with Crippen molar-refractivity contribution in [2.24, 2.45) is 0 Å². The lowest BCUT2D eigenvalue weighted by Crippen LogP contribution is -2.32. The highest BCUT2D eigenvalue weighted by Gasteiger charge is 2.31. The summed E-state index contributed by atoms with van der Waals surface area (Å²) in [6, 6.07) is 12.1. The number of aromatic nitrogens is 1. The molecule has 0 aliphatic carbocycles. The quantitative estimate of drug-likeness (QED) is 0.590. The number of carbonyl (C=O) groups is 1. The normalized spacial score (nSPS) is 11.4. The first-order valence-corrected chi connectivity index (χ1v) is 9.19. The smallest absolute Gasteiger partial charge is 0.334 e. The number of carbonyl (C=O) groups excluding carboxylic acids is 1. The fourth-order valence-corrected chi connectivity index (χ4v) is 3.37. The molecule has 0 bridgehead atoms. The molecule has 0 spiro atoms. The van der Waals surface area contributed by atoms with Gasteiger partial charge < -0.3 is 4.90 Å². The molecule has 1 aromatic carbocycles. The zero-order chi connectivity index (χ0) is 19.3. The Hall–Kier alpha value is -2.67. The van der Waals surface area contributed by atoms with E-state index >= 15 is 0 Å². The number of thiophene rings is 1. The SMILES string of the molecule is O=C(c1cccc(C(F)(F)F)c1)N(CCc1cccs1)Cc1cccnc1. The molecule has 140 valence electrons. The number of halogens is 3. The van der Waals surface area contributed by atoms with Crippen LogP contribution in [0.5, 0.6) is 0 Å². The Balaban J connectivity index is 1.83. The van der Waals surface area contributed by atoms with Gasteiger partial charge in [0.2, 0.25) is 0 Å². The van der Waals surface area contributed by atoms with Crippen molar-refractivity contribution in [2.75, 3.05) is 6.54 Å². The van der Waals surface area contributed by atoms with E-state index in [4.69, 9.17) is 0 Å². The van der Waals surface area contributed by atoms with Crippen molar-refractivity contribution < 1.29 is 18.0 Å². The second kappa shape index (κ2) is 8.35. The van der Waals surface area contributed by atoms with Gasteiger partial charge in [0.25, 0.3) is 5.91 Å². The van der Waals surface area contributed by atoms with Crippen LogP contribution < -0.4 is 0 Å². The third-order valence-corrected chi connectivity index (χ3v) is 4.96. The Kier molecular flexibility index (Phi) is 5.91. The van der Waals surface area contributed by atoms with E-state index in [2.05, 4.69) is 4.98 Å². The van der Waals surface area contributed by atoms with Crippen molar-refractivity contribution >= 4 is 17.2 Å². The summed E-state index contributed by atoms with van der Waals surface area (Å²) in [6.07, 6.45) is -0.560. The first-order valence-electron chi connectivity index (χ1n) is 8.31. The summed E-state index contributed by atoms with van der Waals surface area (Å²) in [5.74, 6) is -0.429. The average molecular weight is 390 g/mol. The Morgan fingerprint density at radius 2 is 1.96 bits per heavy atom. The van der Waals surface area contributed by atoms with Crippen molar-refractivity contribution in [3.63, 3.8) is 0 Å². The summed E-state index contributed by atoms with van der Waals surface area (Å²) in [5.41, 5.74) is 0.0248. The molecule has 2 heterocycles. The van der Waals surface area contributed by atoms with Gasteiger partial charge in [-0.1, -0.05) is 18.2 Å². The van der Waals surface area contributed by atoms with Crippen LogP contribution in [-0.4, -0.2) is 22.3 Å². The molecule has 0 atom stereocenters. The van der Waals surface area contributed by atoms with Gasteiger partial charge in [0.15, 0.2) is 0 Å². The van der Waals surface area contributed by atoms with Crippen LogP contribution in [0.25, 0.3) is 0 Å². The zero-order valence-corrected chi connectivity index (χ0v) is 15.1. The molecule has 0 saturated heterocycles. The lowest BCUT2D eigenvalue weighted by molar-refractivity contribution is -0.137. The lowest BCUT2D eigenvalue weighted by atomic mass is 10.1. The van der Waals surface area contributed by atoms with Crippen LogP contribution in [0.3, 0.4) is 0 Å². The maximum atomic E-state index is 13.0. The number of alkyl halides is 3. The van der Waals surface area contributed by atoms with Crippen LogP contribution in [0.4, 0.5) is 13.2 Å². The summed E-state index contributed by atoms with van der Waals surface area (Å²) in [4.78, 5) is 19.6. The molecule has 3 rings (SSSR count). The molecule has 1 amide bonds. The van der Waals surface area contributed by atoms with Gasteiger partial charge in [0.05, 0.1) is 5.56 Å². The van der Waals surface area contributed by atoms with Crippen LogP contribution in [0, 0.1) is 0 Å². The number of rotatable bonds is 6. The first-order chi connectivity index (χ1) is 12.9. The van der Waals surface area contributed by atoms with Crippen LogP contribution in [0.2, 0.25) is 0 Å². The Morgan fingerprint density at radius 1 is 1.11 bits per heavy atom. The molecule has 0 aliphatic heterocycles. The summed E-state index contributed by atoms with van der Waals surface area (Å²) in [5, 5.41) is 1.95. The molecule has 0 radical (unpaired) electrons. The zero-order valence-electron chi connectivity index (χ0n) is 14.3. The van der Waals surface area contributed by atoms with Crippen molar-refractivity contribution in [1.29, 1.82) is 0 Å². The maximum absolute atomic E-state index is 13.0. The molecule has 3 aromatic rings. The van der Waals surface area contributed by atoms with Gasteiger partial charge in [-0.2, -0.15) is 13.2 Å². The number of hydrogen-bond acceptors (Lipinski definition) is 3. The summed E-state index contributed by atoms with van der Waals surface area (Å²) in [7, 11) is 0. The highest BCUT2D eigenvalue weighted by molar-refractivity contribution is 7.09. The van der Waals surface area contributed by atoms with Crippen molar-refractivity contribution in [1.82, 2.24) is 9.88 Å². The second-order valence-electron chi connectivity index (χ2n) is 6.00. The predicted octanol–water partition coefficient (Wildman–Crippen LogP) is 5.05. The molecular weight excluding hydrogens is 373 g/mol. The molecule has 7 heteroatoms. The molecule has 0 saturated carbocycles. The van der Waals surface area contributed by atoms with E-state index in [0.717, 1.165) is 22.6 Å². The Morgan fingerprint density at radius 3 is 2.63 bits per heavy atom. The van der Waals surface area contributed by atoms with Gasteiger partial charge in [-0.3, -0.25) is 9.78 Å². The highest BCUT2D eigenvalue weighted by Crippen LogP contribution is 2.30. The number of nitrogens with zero attached hydrogens (tertiary/aromatic N) is 2. The van der Waals surface area contributed by atoms with E-state index < -0.39 is 17.6 Å². The van der Waals surface area contributed by atoms with Gasteiger partial charge in [0.1, 0.15) is 0 Å². The maximum Gasteiger partial charge on any atom is 0.416 e. The van der Waals surface area contributed by atoms with Gasteiger partial charge in [0, 0.05) is 35.9 Å². The van der Waals surface area contributed by atoms with Gasteiger partial charge in [-0.05, 0) is 47.7 Å². The molecule has 2 aromatic heterocycles. The van der Waals surface area contributed by atoms with Crippen molar-refractivity contribution in [3.05, 3.63) is 87.9 Å². The predicted molar refractivity (Wildman–Crippen MR) is 98.4 cm³/mol. The highest BCUT2D eigenvalue weighted by atomic mass is 32.1. The van der Waals surface area contributed by atoms with E-state index in [1.54, 1.807) is 34.7 Å². The lowest BCUT2D eigenvalue weighted by Gasteiger charge is -2.23. The van der Waals surface area contributed by atoms with E-state index in [0.29, 0.717) is 13.0 Å². The Bertz CT molecular complexity index is 880. The van der Waals surface area contributed by atoms with Gasteiger partial charge >= 0.3 is 6.18 Å². The fraction of sp³-hybridized carbons (Fsp3) is 0.200. The number of benzene rings is 1. The van der Waals surface area contributed by atoms with E-state index in [1.807, 2.05) is 23.6 Å². The topological polar surface area (TPSA) is 33.2 Å². The Labute approximate surface area is 159 Å². The number of hydrogen-bond donors (Lipinski definition) is 0. The van der Waals surface area contributed by atoms with E-state index in [-0.39, 0.29) is 12.1 Å². The molecule has 0 N–H and O–H groups in total. The molecule has 0 aliphatic rings. The second-order valence-corrected chi connectivity index (χ2v) is 7.03. The summed E-state index contributed by atoms with van der Waals surface area (Å²) >= 11 is 1.59. The van der Waals surface area contributed by atoms with Crippen LogP contribution in [-0.2, 0) is 19.1 Å². The largest absolute Gasteiger partial charge is 0.416 e. The molecular formula is C20H17F3N2OS. The fourth-order valence-electron chi connectivity index (χ4n) is 2.68. The molecule has 27 heavy (non-hydrogen) atoms. The monoisotopic (exact) mass is 390 g/mol. The van der Waals surface area contributed by atoms with Crippen molar-refractivity contribution in [2.45, 2.75) is 19.1 Å². The third-order valence-electron chi connectivity index (χ3n) is 4.03. The van der Waals surface area contributed by atoms with E-state index in [9.17, 15) is 18.0 Å². The van der Waals surface area contributed by atoms with Crippen LogP contribution >= 0.6 is 11.3 Å².